The molecule has 2 heterocycles. The van der Waals surface area contributed by atoms with Gasteiger partial charge in [-0.05, 0) is 32.0 Å². The number of hydrogen-bond acceptors (Lipinski definition) is 4. The molecule has 1 aromatic rings. The van der Waals surface area contributed by atoms with E-state index in [1.165, 1.54) is 18.5 Å². The largest absolute Gasteiger partial charge is 0.478 e. The Balaban J connectivity index is 1.90. The molecule has 0 unspecified atom stereocenters. The van der Waals surface area contributed by atoms with E-state index in [0.717, 1.165) is 25.9 Å². The highest BCUT2D eigenvalue weighted by Gasteiger charge is 2.15. The van der Waals surface area contributed by atoms with Gasteiger partial charge in [-0.1, -0.05) is 0 Å². The van der Waals surface area contributed by atoms with Crippen LogP contribution >= 0.6 is 0 Å². The lowest BCUT2D eigenvalue weighted by atomic mass is 10.1. The van der Waals surface area contributed by atoms with Crippen LogP contribution in [0.1, 0.15) is 23.2 Å². The van der Waals surface area contributed by atoms with Gasteiger partial charge in [0.05, 0.1) is 17.4 Å². The molecule has 0 aliphatic carbocycles. The van der Waals surface area contributed by atoms with E-state index in [9.17, 15) is 9.59 Å². The molecule has 0 atom stereocenters. The highest BCUT2D eigenvalue weighted by molar-refractivity contribution is 5.92. The average molecular weight is 264 g/mol. The first-order valence-corrected chi connectivity index (χ1v) is 6.12. The van der Waals surface area contributed by atoms with Crippen molar-refractivity contribution in [3.05, 3.63) is 24.0 Å². The van der Waals surface area contributed by atoms with E-state index in [1.54, 1.807) is 0 Å². The normalized spacial score (nSPS) is 15.8. The number of nitrogens with one attached hydrogen (secondary N) is 3. The van der Waals surface area contributed by atoms with Crippen molar-refractivity contribution >= 4 is 17.7 Å². The summed E-state index contributed by atoms with van der Waals surface area (Å²) in [4.78, 5) is 26.3. The molecule has 4 N–H and O–H groups in total. The van der Waals surface area contributed by atoms with Gasteiger partial charge in [-0.25, -0.2) is 9.59 Å². The van der Waals surface area contributed by atoms with Gasteiger partial charge in [-0.3, -0.25) is 4.98 Å². The van der Waals surface area contributed by atoms with Gasteiger partial charge in [0.25, 0.3) is 0 Å². The Hall–Kier alpha value is -2.15. The monoisotopic (exact) mass is 264 g/mol. The quantitative estimate of drug-likeness (QED) is 0.642. The number of aromatic nitrogens is 1. The molecule has 1 aliphatic rings. The Morgan fingerprint density at radius 1 is 1.32 bits per heavy atom. The van der Waals surface area contributed by atoms with Crippen molar-refractivity contribution in [3.63, 3.8) is 0 Å². The molecule has 2 amide bonds. The molecule has 102 valence electrons. The third kappa shape index (κ3) is 3.92. The van der Waals surface area contributed by atoms with Gasteiger partial charge in [-0.2, -0.15) is 0 Å². The Morgan fingerprint density at radius 3 is 2.74 bits per heavy atom. The minimum absolute atomic E-state index is 0.0414. The SMILES string of the molecule is O=C(Nc1cncc(C(=O)O)c1)NC1CCNCC1. The highest BCUT2D eigenvalue weighted by atomic mass is 16.4. The van der Waals surface area contributed by atoms with Crippen LogP contribution in [0.2, 0.25) is 0 Å². The summed E-state index contributed by atoms with van der Waals surface area (Å²) in [6.07, 6.45) is 4.42. The van der Waals surface area contributed by atoms with Gasteiger partial charge in [-0.15, -0.1) is 0 Å². The van der Waals surface area contributed by atoms with Crippen LogP contribution in [-0.2, 0) is 0 Å². The van der Waals surface area contributed by atoms with Crippen molar-refractivity contribution in [2.75, 3.05) is 18.4 Å². The van der Waals surface area contributed by atoms with Crippen molar-refractivity contribution in [2.45, 2.75) is 18.9 Å². The summed E-state index contributed by atoms with van der Waals surface area (Å²) in [7, 11) is 0. The Labute approximate surface area is 110 Å². The van der Waals surface area contributed by atoms with Crippen LogP contribution in [0.4, 0.5) is 10.5 Å². The summed E-state index contributed by atoms with van der Waals surface area (Å²) in [6.45, 7) is 1.78. The van der Waals surface area contributed by atoms with Crippen LogP contribution in [0.25, 0.3) is 0 Å². The lowest BCUT2D eigenvalue weighted by molar-refractivity contribution is 0.0696. The Bertz CT molecular complexity index is 472. The standard InChI is InChI=1S/C12H16N4O3/c17-11(18)8-5-10(7-14-6-8)16-12(19)15-9-1-3-13-4-2-9/h5-7,9,13H,1-4H2,(H,17,18)(H2,15,16,19). The number of hydrogen-bond donors (Lipinski definition) is 4. The van der Waals surface area contributed by atoms with E-state index in [1.807, 2.05) is 0 Å². The number of nitrogens with zero attached hydrogens (tertiary/aromatic N) is 1. The number of amides is 2. The van der Waals surface area contributed by atoms with Crippen LogP contribution in [0, 0.1) is 0 Å². The van der Waals surface area contributed by atoms with Crippen molar-refractivity contribution < 1.29 is 14.7 Å². The number of anilines is 1. The van der Waals surface area contributed by atoms with Crippen molar-refractivity contribution in [1.29, 1.82) is 0 Å². The van der Waals surface area contributed by atoms with Crippen molar-refractivity contribution in [2.24, 2.45) is 0 Å². The fraction of sp³-hybridized carbons (Fsp3) is 0.417. The number of carboxylic acids is 1. The number of pyridine rings is 1. The second-order valence-electron chi connectivity index (χ2n) is 4.39. The molecule has 1 aromatic heterocycles. The van der Waals surface area contributed by atoms with Gasteiger partial charge in [0.15, 0.2) is 0 Å². The number of carbonyl (C=O) groups excluding carboxylic acids is 1. The van der Waals surface area contributed by atoms with Crippen LogP contribution < -0.4 is 16.0 Å². The average Bonchev–Trinajstić information content (AvgIpc) is 2.40. The first kappa shape index (κ1) is 13.3. The van der Waals surface area contributed by atoms with E-state index in [4.69, 9.17) is 5.11 Å². The number of rotatable bonds is 3. The number of carbonyl (C=O) groups is 2. The van der Waals surface area contributed by atoms with Crippen molar-refractivity contribution in [1.82, 2.24) is 15.6 Å². The minimum atomic E-state index is -1.07. The predicted molar refractivity (Wildman–Crippen MR) is 69.2 cm³/mol. The molecule has 0 bridgehead atoms. The fourth-order valence-electron chi connectivity index (χ4n) is 1.94. The molecular weight excluding hydrogens is 248 g/mol. The maximum Gasteiger partial charge on any atom is 0.337 e. The maximum atomic E-state index is 11.7. The second-order valence-corrected chi connectivity index (χ2v) is 4.39. The molecular formula is C12H16N4O3. The first-order chi connectivity index (χ1) is 9.15. The van der Waals surface area contributed by atoms with Gasteiger partial charge in [0.2, 0.25) is 0 Å². The topological polar surface area (TPSA) is 103 Å². The zero-order valence-electron chi connectivity index (χ0n) is 10.3. The lowest BCUT2D eigenvalue weighted by Gasteiger charge is -2.23. The summed E-state index contributed by atoms with van der Waals surface area (Å²) >= 11 is 0. The molecule has 7 nitrogen and oxygen atoms in total. The molecule has 0 radical (unpaired) electrons. The zero-order chi connectivity index (χ0) is 13.7. The smallest absolute Gasteiger partial charge is 0.337 e. The number of urea groups is 1. The fourth-order valence-corrected chi connectivity index (χ4v) is 1.94. The van der Waals surface area contributed by atoms with Gasteiger partial charge in [0.1, 0.15) is 0 Å². The van der Waals surface area contributed by atoms with Gasteiger partial charge < -0.3 is 21.1 Å². The Morgan fingerprint density at radius 2 is 2.05 bits per heavy atom. The maximum absolute atomic E-state index is 11.7. The third-order valence-electron chi connectivity index (χ3n) is 2.92. The third-order valence-corrected chi connectivity index (χ3v) is 2.92. The predicted octanol–water partition coefficient (Wildman–Crippen LogP) is 0.653. The number of carboxylic acid groups (broad SMARTS) is 1. The summed E-state index contributed by atoms with van der Waals surface area (Å²) in [5, 5.41) is 17.5. The van der Waals surface area contributed by atoms with E-state index >= 15 is 0 Å². The molecule has 19 heavy (non-hydrogen) atoms. The first-order valence-electron chi connectivity index (χ1n) is 6.12. The van der Waals surface area contributed by atoms with Gasteiger partial charge >= 0.3 is 12.0 Å². The summed E-state index contributed by atoms with van der Waals surface area (Å²) in [6, 6.07) is 1.19. The number of aromatic carboxylic acids is 1. The van der Waals surface area contributed by atoms with Crippen molar-refractivity contribution in [3.8, 4) is 0 Å². The second kappa shape index (κ2) is 6.14. The molecule has 0 saturated carbocycles. The van der Waals surface area contributed by atoms with Crippen LogP contribution in [0.3, 0.4) is 0 Å². The van der Waals surface area contributed by atoms with Crippen LogP contribution in [0.5, 0.6) is 0 Å². The molecule has 2 rings (SSSR count). The molecule has 1 fully saturated rings. The molecule has 1 aliphatic heterocycles. The molecule has 1 saturated heterocycles. The van der Waals surface area contributed by atoms with Crippen LogP contribution in [-0.4, -0.2) is 41.2 Å². The summed E-state index contributed by atoms with van der Waals surface area (Å²) < 4.78 is 0. The van der Waals surface area contributed by atoms with E-state index in [0.29, 0.717) is 5.69 Å². The molecule has 0 aromatic carbocycles. The molecule has 0 spiro atoms. The minimum Gasteiger partial charge on any atom is -0.478 e. The van der Waals surface area contributed by atoms with Gasteiger partial charge in [0, 0.05) is 12.2 Å². The highest BCUT2D eigenvalue weighted by Crippen LogP contribution is 2.09. The number of piperidine rings is 1. The molecule has 7 heteroatoms. The van der Waals surface area contributed by atoms with E-state index in [-0.39, 0.29) is 17.6 Å². The lowest BCUT2D eigenvalue weighted by Crippen LogP contribution is -2.44. The Kier molecular flexibility index (Phi) is 4.30. The summed E-state index contributed by atoms with van der Waals surface area (Å²) in [5.41, 5.74) is 0.408. The van der Waals surface area contributed by atoms with Crippen LogP contribution in [0.15, 0.2) is 18.5 Å². The van der Waals surface area contributed by atoms with E-state index in [2.05, 4.69) is 20.9 Å². The zero-order valence-corrected chi connectivity index (χ0v) is 10.3. The summed E-state index contributed by atoms with van der Waals surface area (Å²) in [5.74, 6) is -1.07. The van der Waals surface area contributed by atoms with E-state index < -0.39 is 5.97 Å².